The molecular weight excluding hydrogens is 243 g/mol. The Balaban J connectivity index is 1.94. The number of nitrogens with one attached hydrogen (secondary N) is 1. The van der Waals surface area contributed by atoms with Crippen molar-refractivity contribution in [1.29, 1.82) is 0 Å². The summed E-state index contributed by atoms with van der Waals surface area (Å²) in [5.74, 6) is 0. The summed E-state index contributed by atoms with van der Waals surface area (Å²) in [5, 5.41) is 9.38. The third-order valence-electron chi connectivity index (χ3n) is 3.40. The number of alkyl halides is 3. The number of piperidine rings is 1. The van der Waals surface area contributed by atoms with E-state index < -0.39 is 11.7 Å². The summed E-state index contributed by atoms with van der Waals surface area (Å²) in [6, 6.07) is 5.35. The molecule has 2 nitrogen and oxygen atoms in total. The third-order valence-corrected chi connectivity index (χ3v) is 3.40. The van der Waals surface area contributed by atoms with E-state index >= 15 is 0 Å². The van der Waals surface area contributed by atoms with Crippen LogP contribution in [0.1, 0.15) is 24.0 Å². The van der Waals surface area contributed by atoms with E-state index in [1.54, 1.807) is 12.1 Å². The summed E-state index contributed by atoms with van der Waals surface area (Å²) in [7, 11) is 0. The van der Waals surface area contributed by atoms with Crippen LogP contribution in [0.25, 0.3) is 0 Å². The fourth-order valence-electron chi connectivity index (χ4n) is 2.29. The molecule has 0 bridgehead atoms. The summed E-state index contributed by atoms with van der Waals surface area (Å²) in [6.45, 7) is 2.48. The fourth-order valence-corrected chi connectivity index (χ4v) is 2.29. The lowest BCUT2D eigenvalue weighted by molar-refractivity contribution is -0.919. The van der Waals surface area contributed by atoms with E-state index in [1.807, 2.05) is 0 Å². The van der Waals surface area contributed by atoms with Crippen molar-refractivity contribution in [3.63, 3.8) is 0 Å². The van der Waals surface area contributed by atoms with Gasteiger partial charge in [0.25, 0.3) is 0 Å². The Bertz CT molecular complexity index is 380. The van der Waals surface area contributed by atoms with Crippen LogP contribution in [-0.4, -0.2) is 24.3 Å². The first kappa shape index (κ1) is 13.4. The highest BCUT2D eigenvalue weighted by Crippen LogP contribution is 2.28. The summed E-state index contributed by atoms with van der Waals surface area (Å²) in [5.41, 5.74) is 0.310. The zero-order valence-electron chi connectivity index (χ0n) is 10.0. The monoisotopic (exact) mass is 260 g/mol. The van der Waals surface area contributed by atoms with Crippen LogP contribution in [0.2, 0.25) is 0 Å². The van der Waals surface area contributed by atoms with E-state index in [2.05, 4.69) is 0 Å². The average molecular weight is 260 g/mol. The SMILES string of the molecule is OC1CC[NH+](Cc2ccc(C(F)(F)F)cc2)CC1. The van der Waals surface area contributed by atoms with Gasteiger partial charge in [-0.25, -0.2) is 0 Å². The maximum Gasteiger partial charge on any atom is 0.416 e. The molecule has 1 aromatic carbocycles. The minimum absolute atomic E-state index is 0.207. The molecule has 0 amide bonds. The van der Waals surface area contributed by atoms with Gasteiger partial charge in [-0.2, -0.15) is 13.2 Å². The molecular formula is C13H17F3NO+. The molecule has 0 unspecified atom stereocenters. The zero-order valence-corrected chi connectivity index (χ0v) is 10.0. The van der Waals surface area contributed by atoms with Gasteiger partial charge in [-0.1, -0.05) is 12.1 Å². The minimum Gasteiger partial charge on any atom is -0.393 e. The topological polar surface area (TPSA) is 24.7 Å². The van der Waals surface area contributed by atoms with Crippen molar-refractivity contribution in [3.05, 3.63) is 35.4 Å². The van der Waals surface area contributed by atoms with Crippen LogP contribution in [0.4, 0.5) is 13.2 Å². The first-order valence-electron chi connectivity index (χ1n) is 6.13. The van der Waals surface area contributed by atoms with Crippen molar-refractivity contribution in [1.82, 2.24) is 0 Å². The minimum atomic E-state index is -4.26. The lowest BCUT2D eigenvalue weighted by Gasteiger charge is -2.26. The number of rotatable bonds is 2. The molecule has 0 saturated carbocycles. The molecule has 0 aromatic heterocycles. The molecule has 0 radical (unpaired) electrons. The summed E-state index contributed by atoms with van der Waals surface area (Å²) < 4.78 is 37.2. The highest BCUT2D eigenvalue weighted by atomic mass is 19.4. The summed E-state index contributed by atoms with van der Waals surface area (Å²) in [4.78, 5) is 1.32. The van der Waals surface area contributed by atoms with Gasteiger partial charge in [0, 0.05) is 18.4 Å². The Morgan fingerprint density at radius 2 is 1.67 bits per heavy atom. The van der Waals surface area contributed by atoms with Crippen molar-refractivity contribution in [3.8, 4) is 0 Å². The van der Waals surface area contributed by atoms with E-state index in [1.165, 1.54) is 4.90 Å². The number of benzene rings is 1. The molecule has 1 fully saturated rings. The Morgan fingerprint density at radius 1 is 1.11 bits per heavy atom. The van der Waals surface area contributed by atoms with Gasteiger partial charge in [0.2, 0.25) is 0 Å². The second-order valence-electron chi connectivity index (χ2n) is 4.85. The Hall–Kier alpha value is -1.07. The smallest absolute Gasteiger partial charge is 0.393 e. The fraction of sp³-hybridized carbons (Fsp3) is 0.538. The Labute approximate surface area is 104 Å². The Morgan fingerprint density at radius 3 is 2.17 bits per heavy atom. The largest absolute Gasteiger partial charge is 0.416 e. The van der Waals surface area contributed by atoms with Gasteiger partial charge in [-0.15, -0.1) is 0 Å². The van der Waals surface area contributed by atoms with E-state index in [9.17, 15) is 18.3 Å². The molecule has 0 atom stereocenters. The average Bonchev–Trinajstić information content (AvgIpc) is 2.32. The second-order valence-corrected chi connectivity index (χ2v) is 4.85. The lowest BCUT2D eigenvalue weighted by atomic mass is 10.1. The van der Waals surface area contributed by atoms with Crippen molar-refractivity contribution in [2.75, 3.05) is 13.1 Å². The van der Waals surface area contributed by atoms with E-state index in [0.717, 1.165) is 50.2 Å². The first-order valence-corrected chi connectivity index (χ1v) is 6.13. The van der Waals surface area contributed by atoms with Gasteiger partial charge in [0.1, 0.15) is 6.54 Å². The van der Waals surface area contributed by atoms with Crippen molar-refractivity contribution in [2.45, 2.75) is 31.7 Å². The second kappa shape index (κ2) is 5.28. The number of aliphatic hydroxyl groups is 1. The molecule has 1 aliphatic heterocycles. The quantitative estimate of drug-likeness (QED) is 0.822. The van der Waals surface area contributed by atoms with E-state index in [-0.39, 0.29) is 6.10 Å². The third kappa shape index (κ3) is 3.46. The van der Waals surface area contributed by atoms with Crippen molar-refractivity contribution in [2.24, 2.45) is 0 Å². The number of hydrogen-bond acceptors (Lipinski definition) is 1. The highest BCUT2D eigenvalue weighted by molar-refractivity contribution is 5.23. The van der Waals surface area contributed by atoms with E-state index in [0.29, 0.717) is 0 Å². The molecule has 0 spiro atoms. The van der Waals surface area contributed by atoms with Gasteiger partial charge in [-0.05, 0) is 12.1 Å². The molecule has 1 saturated heterocycles. The standard InChI is InChI=1S/C13H16F3NO/c14-13(15,16)11-3-1-10(2-4-11)9-17-7-5-12(18)6-8-17/h1-4,12,18H,5-9H2/p+1. The Kier molecular flexibility index (Phi) is 3.92. The van der Waals surface area contributed by atoms with Gasteiger partial charge in [0.05, 0.1) is 24.8 Å². The van der Waals surface area contributed by atoms with Gasteiger partial charge in [0.15, 0.2) is 0 Å². The van der Waals surface area contributed by atoms with Crippen LogP contribution in [0, 0.1) is 0 Å². The maximum atomic E-state index is 12.4. The molecule has 1 aromatic rings. The summed E-state index contributed by atoms with van der Waals surface area (Å²) in [6.07, 6.45) is -2.92. The van der Waals surface area contributed by atoms with Crippen LogP contribution >= 0.6 is 0 Å². The predicted molar refractivity (Wildman–Crippen MR) is 61.1 cm³/mol. The zero-order chi connectivity index (χ0) is 13.2. The molecule has 18 heavy (non-hydrogen) atoms. The van der Waals surface area contributed by atoms with Gasteiger partial charge < -0.3 is 10.0 Å². The van der Waals surface area contributed by atoms with Crippen LogP contribution in [0.15, 0.2) is 24.3 Å². The van der Waals surface area contributed by atoms with Crippen LogP contribution in [0.5, 0.6) is 0 Å². The molecule has 0 aliphatic carbocycles. The highest BCUT2D eigenvalue weighted by Gasteiger charge is 2.30. The molecule has 100 valence electrons. The molecule has 1 aliphatic rings. The van der Waals surface area contributed by atoms with Gasteiger partial charge >= 0.3 is 6.18 Å². The van der Waals surface area contributed by atoms with Crippen LogP contribution in [-0.2, 0) is 12.7 Å². The number of aliphatic hydroxyl groups excluding tert-OH is 1. The number of quaternary nitrogens is 1. The first-order chi connectivity index (χ1) is 8.45. The molecule has 2 N–H and O–H groups in total. The summed E-state index contributed by atoms with van der Waals surface area (Å²) >= 11 is 0. The lowest BCUT2D eigenvalue weighted by Crippen LogP contribution is -3.12. The molecule has 1 heterocycles. The number of hydrogen-bond donors (Lipinski definition) is 2. The number of likely N-dealkylation sites (tertiary alicyclic amines) is 1. The van der Waals surface area contributed by atoms with Crippen molar-refractivity contribution >= 4 is 0 Å². The van der Waals surface area contributed by atoms with Crippen LogP contribution < -0.4 is 4.90 Å². The normalized spacial score (nSPS) is 25.1. The van der Waals surface area contributed by atoms with Gasteiger partial charge in [-0.3, -0.25) is 0 Å². The maximum absolute atomic E-state index is 12.4. The predicted octanol–water partition coefficient (Wildman–Crippen LogP) is 1.25. The molecule has 2 rings (SSSR count). The number of halogens is 3. The van der Waals surface area contributed by atoms with Crippen molar-refractivity contribution < 1.29 is 23.2 Å². The molecule has 5 heteroatoms. The van der Waals surface area contributed by atoms with Crippen LogP contribution in [0.3, 0.4) is 0 Å². The van der Waals surface area contributed by atoms with E-state index in [4.69, 9.17) is 0 Å².